The van der Waals surface area contributed by atoms with Crippen molar-refractivity contribution < 1.29 is 14.3 Å². The molecule has 1 saturated carbocycles. The van der Waals surface area contributed by atoms with Gasteiger partial charge in [-0.1, -0.05) is 12.5 Å². The van der Waals surface area contributed by atoms with Gasteiger partial charge in [0.05, 0.1) is 6.61 Å². The van der Waals surface area contributed by atoms with E-state index < -0.39 is 0 Å². The minimum Gasteiger partial charge on any atom is -0.381 e. The average molecular weight is 344 g/mol. The van der Waals surface area contributed by atoms with Crippen molar-refractivity contribution in [3.8, 4) is 0 Å². The van der Waals surface area contributed by atoms with Crippen molar-refractivity contribution in [1.82, 2.24) is 9.88 Å². The highest BCUT2D eigenvalue weighted by Crippen LogP contribution is 2.49. The van der Waals surface area contributed by atoms with E-state index in [1.807, 2.05) is 23.1 Å². The predicted octanol–water partition coefficient (Wildman–Crippen LogP) is 2.77. The molecule has 0 unspecified atom stereocenters. The Balaban J connectivity index is 1.36. The van der Waals surface area contributed by atoms with E-state index in [0.29, 0.717) is 17.5 Å². The maximum absolute atomic E-state index is 12.8. The summed E-state index contributed by atoms with van der Waals surface area (Å²) in [7, 11) is 0. The molecule has 2 saturated heterocycles. The summed E-state index contributed by atoms with van der Waals surface area (Å²) in [5.74, 6) is 1.28. The van der Waals surface area contributed by atoms with Gasteiger partial charge in [0.1, 0.15) is 5.69 Å². The molecule has 5 heteroatoms. The van der Waals surface area contributed by atoms with Crippen molar-refractivity contribution in [3.63, 3.8) is 0 Å². The first-order valence-electron chi connectivity index (χ1n) is 9.63. The summed E-state index contributed by atoms with van der Waals surface area (Å²) in [6.07, 6.45) is 7.57. The van der Waals surface area contributed by atoms with Crippen LogP contribution in [0.15, 0.2) is 24.4 Å². The Morgan fingerprint density at radius 3 is 3.00 bits per heavy atom. The number of aromatic nitrogens is 1. The van der Waals surface area contributed by atoms with Crippen LogP contribution in [-0.4, -0.2) is 55.3 Å². The highest BCUT2D eigenvalue weighted by Gasteiger charge is 2.51. The fraction of sp³-hybridized carbons (Fsp3) is 0.700. The summed E-state index contributed by atoms with van der Waals surface area (Å²) < 4.78 is 11.6. The number of hydrogen-bond acceptors (Lipinski definition) is 4. The average Bonchev–Trinajstić information content (AvgIpc) is 3.20. The Morgan fingerprint density at radius 1 is 1.32 bits per heavy atom. The zero-order valence-electron chi connectivity index (χ0n) is 14.9. The van der Waals surface area contributed by atoms with Crippen molar-refractivity contribution >= 4 is 5.91 Å². The first-order chi connectivity index (χ1) is 12.3. The normalized spacial score (nSPS) is 29.8. The third kappa shape index (κ3) is 3.58. The molecular weight excluding hydrogens is 316 g/mol. The second-order valence-electron chi connectivity index (χ2n) is 7.92. The molecular formula is C20H28N2O3. The number of fused-ring (bicyclic) bond motifs is 1. The van der Waals surface area contributed by atoms with Gasteiger partial charge in [-0.25, -0.2) is 0 Å². The lowest BCUT2D eigenvalue weighted by atomic mass is 9.81. The van der Waals surface area contributed by atoms with Gasteiger partial charge in [-0.2, -0.15) is 0 Å². The van der Waals surface area contributed by atoms with Crippen molar-refractivity contribution in [2.75, 3.05) is 39.5 Å². The largest absolute Gasteiger partial charge is 0.381 e. The van der Waals surface area contributed by atoms with Crippen LogP contribution in [0.4, 0.5) is 0 Å². The molecule has 0 aromatic carbocycles. The van der Waals surface area contributed by atoms with E-state index in [0.717, 1.165) is 52.4 Å². The molecule has 0 N–H and O–H groups in total. The van der Waals surface area contributed by atoms with Gasteiger partial charge >= 0.3 is 0 Å². The zero-order chi connectivity index (χ0) is 17.1. The third-order valence-electron chi connectivity index (χ3n) is 6.29. The van der Waals surface area contributed by atoms with E-state index >= 15 is 0 Å². The maximum Gasteiger partial charge on any atom is 0.272 e. The van der Waals surface area contributed by atoms with E-state index in [1.165, 1.54) is 19.3 Å². The molecule has 25 heavy (non-hydrogen) atoms. The van der Waals surface area contributed by atoms with Crippen molar-refractivity contribution in [3.05, 3.63) is 30.1 Å². The second-order valence-corrected chi connectivity index (χ2v) is 7.92. The maximum atomic E-state index is 12.8. The topological polar surface area (TPSA) is 51.7 Å². The number of likely N-dealkylation sites (tertiary alicyclic amines) is 1. The molecule has 5 nitrogen and oxygen atoms in total. The lowest BCUT2D eigenvalue weighted by Gasteiger charge is -2.30. The van der Waals surface area contributed by atoms with E-state index in [4.69, 9.17) is 9.47 Å². The molecule has 1 amide bonds. The van der Waals surface area contributed by atoms with Gasteiger partial charge in [0.25, 0.3) is 5.91 Å². The smallest absolute Gasteiger partial charge is 0.272 e. The van der Waals surface area contributed by atoms with Crippen LogP contribution < -0.4 is 0 Å². The van der Waals surface area contributed by atoms with Crippen molar-refractivity contribution in [2.24, 2.45) is 17.3 Å². The molecule has 0 bridgehead atoms. The minimum atomic E-state index is 0.0683. The van der Waals surface area contributed by atoms with E-state index in [-0.39, 0.29) is 11.3 Å². The first-order valence-corrected chi connectivity index (χ1v) is 9.63. The van der Waals surface area contributed by atoms with Gasteiger partial charge in [-0.15, -0.1) is 0 Å². The molecule has 1 aromatic rings. The van der Waals surface area contributed by atoms with Crippen LogP contribution in [0.25, 0.3) is 0 Å². The van der Waals surface area contributed by atoms with Gasteiger partial charge in [-0.05, 0) is 49.7 Å². The van der Waals surface area contributed by atoms with Crippen LogP contribution in [0.2, 0.25) is 0 Å². The van der Waals surface area contributed by atoms with E-state index in [1.54, 1.807) is 6.20 Å². The Bertz CT molecular complexity index is 588. The summed E-state index contributed by atoms with van der Waals surface area (Å²) >= 11 is 0. The molecule has 136 valence electrons. The molecule has 4 rings (SSSR count). The Kier molecular flexibility index (Phi) is 5.04. The number of hydrogen-bond donors (Lipinski definition) is 0. The standard InChI is InChI=1S/C20H28N2O3/c23-19(18-5-1-2-9-21-18)22-12-17-4-3-8-20(17,14-22)15-25-13-16-6-10-24-11-7-16/h1-2,5,9,16-17H,3-4,6-8,10-15H2/t17-,20+/m1/s1. The fourth-order valence-corrected chi connectivity index (χ4v) is 4.80. The third-order valence-corrected chi connectivity index (χ3v) is 6.29. The number of nitrogens with zero attached hydrogens (tertiary/aromatic N) is 2. The molecule has 0 spiro atoms. The Hall–Kier alpha value is -1.46. The summed E-state index contributed by atoms with van der Waals surface area (Å²) in [6.45, 7) is 5.05. The fourth-order valence-electron chi connectivity index (χ4n) is 4.80. The number of amides is 1. The van der Waals surface area contributed by atoms with Crippen LogP contribution in [0.5, 0.6) is 0 Å². The van der Waals surface area contributed by atoms with Crippen LogP contribution in [0.3, 0.4) is 0 Å². The minimum absolute atomic E-state index is 0.0683. The highest BCUT2D eigenvalue weighted by atomic mass is 16.5. The molecule has 2 aliphatic heterocycles. The van der Waals surface area contributed by atoms with Gasteiger partial charge in [0, 0.05) is 44.5 Å². The number of carbonyl (C=O) groups is 1. The van der Waals surface area contributed by atoms with Gasteiger partial charge in [0.2, 0.25) is 0 Å². The number of carbonyl (C=O) groups excluding carboxylic acids is 1. The molecule has 1 aliphatic carbocycles. The molecule has 3 heterocycles. The summed E-state index contributed by atoms with van der Waals surface area (Å²) in [5, 5.41) is 0. The summed E-state index contributed by atoms with van der Waals surface area (Å²) in [6, 6.07) is 5.54. The van der Waals surface area contributed by atoms with Gasteiger partial charge < -0.3 is 14.4 Å². The SMILES string of the molecule is O=C(c1ccccn1)N1C[C@H]2CCC[C@@]2(COCC2CCOCC2)C1. The quantitative estimate of drug-likeness (QED) is 0.824. The molecule has 0 radical (unpaired) electrons. The molecule has 1 aromatic heterocycles. The van der Waals surface area contributed by atoms with Crippen molar-refractivity contribution in [1.29, 1.82) is 0 Å². The van der Waals surface area contributed by atoms with Gasteiger partial charge in [-0.3, -0.25) is 9.78 Å². The number of rotatable bonds is 5. The zero-order valence-corrected chi connectivity index (χ0v) is 14.9. The molecule has 2 atom stereocenters. The second kappa shape index (κ2) is 7.42. The predicted molar refractivity (Wildman–Crippen MR) is 94.3 cm³/mol. The lowest BCUT2D eigenvalue weighted by molar-refractivity contribution is -0.0123. The van der Waals surface area contributed by atoms with Crippen molar-refractivity contribution in [2.45, 2.75) is 32.1 Å². The number of pyridine rings is 1. The highest BCUT2D eigenvalue weighted by molar-refractivity contribution is 5.92. The van der Waals surface area contributed by atoms with Crippen LogP contribution in [0.1, 0.15) is 42.6 Å². The first kappa shape index (κ1) is 17.0. The van der Waals surface area contributed by atoms with Crippen LogP contribution in [0, 0.1) is 17.3 Å². The van der Waals surface area contributed by atoms with E-state index in [9.17, 15) is 4.79 Å². The summed E-state index contributed by atoms with van der Waals surface area (Å²) in [4.78, 5) is 19.0. The Morgan fingerprint density at radius 2 is 2.20 bits per heavy atom. The molecule has 3 fully saturated rings. The van der Waals surface area contributed by atoms with Crippen LogP contribution in [-0.2, 0) is 9.47 Å². The van der Waals surface area contributed by atoms with E-state index in [2.05, 4.69) is 4.98 Å². The van der Waals surface area contributed by atoms with Crippen LogP contribution >= 0.6 is 0 Å². The monoisotopic (exact) mass is 344 g/mol. The van der Waals surface area contributed by atoms with Gasteiger partial charge in [0.15, 0.2) is 0 Å². The number of ether oxygens (including phenoxy) is 2. The Labute approximate surface area is 149 Å². The lowest BCUT2D eigenvalue weighted by Crippen LogP contribution is -2.35. The summed E-state index contributed by atoms with van der Waals surface area (Å²) in [5.41, 5.74) is 0.719. The molecule has 3 aliphatic rings.